The van der Waals surface area contributed by atoms with Crippen molar-refractivity contribution in [3.63, 3.8) is 0 Å². The summed E-state index contributed by atoms with van der Waals surface area (Å²) in [5, 5.41) is 8.96. The standard InChI is InChI=1S/C13H14N2O4S/c1-6-4-7(2)14-11(10(6)13(18)19)20-8-5-9(16)15(3)12(8)17/h4,8H,5H2,1-3H3,(H,18,19). The molecule has 0 aromatic carbocycles. The number of pyridine rings is 1. The van der Waals surface area contributed by atoms with E-state index in [1.54, 1.807) is 19.9 Å². The second-order valence-corrected chi connectivity index (χ2v) is 5.86. The van der Waals surface area contributed by atoms with Crippen molar-refractivity contribution in [3.8, 4) is 0 Å². The molecule has 1 aromatic rings. The van der Waals surface area contributed by atoms with E-state index in [-0.39, 0.29) is 28.8 Å². The minimum atomic E-state index is -1.08. The SMILES string of the molecule is Cc1cc(C)c(C(=O)O)c(SC2CC(=O)N(C)C2=O)n1. The average molecular weight is 294 g/mol. The van der Waals surface area contributed by atoms with Gasteiger partial charge in [0.1, 0.15) is 5.03 Å². The molecule has 1 fully saturated rings. The number of hydrogen-bond acceptors (Lipinski definition) is 5. The maximum atomic E-state index is 11.9. The van der Waals surface area contributed by atoms with Crippen LogP contribution in [0.1, 0.15) is 28.0 Å². The van der Waals surface area contributed by atoms with Crippen molar-refractivity contribution in [2.75, 3.05) is 7.05 Å². The van der Waals surface area contributed by atoms with Gasteiger partial charge in [0.05, 0.1) is 10.8 Å². The molecule has 2 amide bonds. The molecule has 0 radical (unpaired) electrons. The fourth-order valence-electron chi connectivity index (χ4n) is 2.10. The van der Waals surface area contributed by atoms with E-state index in [1.807, 2.05) is 0 Å². The van der Waals surface area contributed by atoms with Gasteiger partial charge in [-0.1, -0.05) is 11.8 Å². The number of carboxylic acid groups (broad SMARTS) is 1. The molecule has 0 spiro atoms. The van der Waals surface area contributed by atoms with Gasteiger partial charge in [0.15, 0.2) is 0 Å². The lowest BCUT2D eigenvalue weighted by molar-refractivity contribution is -0.136. The van der Waals surface area contributed by atoms with Crippen LogP contribution in [0.3, 0.4) is 0 Å². The number of amides is 2. The predicted molar refractivity (Wildman–Crippen MR) is 72.7 cm³/mol. The summed E-state index contributed by atoms with van der Waals surface area (Å²) in [6.45, 7) is 3.45. The number of hydrogen-bond donors (Lipinski definition) is 1. The van der Waals surface area contributed by atoms with Gasteiger partial charge >= 0.3 is 5.97 Å². The molecule has 1 aliphatic rings. The largest absolute Gasteiger partial charge is 0.478 e. The van der Waals surface area contributed by atoms with Gasteiger partial charge in [-0.15, -0.1) is 0 Å². The van der Waals surface area contributed by atoms with Crippen LogP contribution in [0.15, 0.2) is 11.1 Å². The third-order valence-electron chi connectivity index (χ3n) is 3.12. The molecule has 106 valence electrons. The number of likely N-dealkylation sites (tertiary alicyclic amines) is 1. The molecule has 1 unspecified atom stereocenters. The third kappa shape index (κ3) is 2.53. The second kappa shape index (κ2) is 5.24. The van der Waals surface area contributed by atoms with Crippen molar-refractivity contribution < 1.29 is 19.5 Å². The summed E-state index contributed by atoms with van der Waals surface area (Å²) in [6.07, 6.45) is 0.0771. The maximum absolute atomic E-state index is 11.9. The Morgan fingerprint density at radius 2 is 2.10 bits per heavy atom. The van der Waals surface area contributed by atoms with Crippen LogP contribution in [-0.4, -0.2) is 45.1 Å². The number of nitrogens with zero attached hydrogens (tertiary/aromatic N) is 2. The normalized spacial score (nSPS) is 18.8. The zero-order valence-corrected chi connectivity index (χ0v) is 12.2. The molecule has 6 nitrogen and oxygen atoms in total. The highest BCUT2D eigenvalue weighted by atomic mass is 32.2. The van der Waals surface area contributed by atoms with Crippen LogP contribution in [0.5, 0.6) is 0 Å². The molecule has 2 rings (SSSR count). The number of aromatic nitrogens is 1. The Bertz CT molecular complexity index is 615. The number of aryl methyl sites for hydroxylation is 2. The number of carbonyl (C=O) groups excluding carboxylic acids is 2. The Hall–Kier alpha value is -1.89. The van der Waals surface area contributed by atoms with Crippen molar-refractivity contribution >= 4 is 29.5 Å². The van der Waals surface area contributed by atoms with E-state index in [1.165, 1.54) is 7.05 Å². The lowest BCUT2D eigenvalue weighted by Crippen LogP contribution is -2.26. The molecule has 0 aliphatic carbocycles. The average Bonchev–Trinajstić information content (AvgIpc) is 2.55. The molecular formula is C13H14N2O4S. The van der Waals surface area contributed by atoms with E-state index in [4.69, 9.17) is 0 Å². The van der Waals surface area contributed by atoms with E-state index in [2.05, 4.69) is 4.98 Å². The predicted octanol–water partition coefficient (Wildman–Crippen LogP) is 1.25. The lowest BCUT2D eigenvalue weighted by Gasteiger charge is -2.12. The van der Waals surface area contributed by atoms with E-state index < -0.39 is 11.2 Å². The second-order valence-electron chi connectivity index (χ2n) is 4.67. The van der Waals surface area contributed by atoms with Crippen LogP contribution in [0.4, 0.5) is 0 Å². The summed E-state index contributed by atoms with van der Waals surface area (Å²) in [4.78, 5) is 40.0. The molecule has 0 saturated carbocycles. The first kappa shape index (κ1) is 14.5. The number of thioether (sulfide) groups is 1. The molecule has 20 heavy (non-hydrogen) atoms. The van der Waals surface area contributed by atoms with Gasteiger partial charge in [-0.05, 0) is 25.5 Å². The summed E-state index contributed by atoms with van der Waals surface area (Å²) in [6, 6.07) is 1.68. The van der Waals surface area contributed by atoms with Gasteiger partial charge in [0.25, 0.3) is 0 Å². The van der Waals surface area contributed by atoms with E-state index in [0.717, 1.165) is 16.7 Å². The Morgan fingerprint density at radius 3 is 2.60 bits per heavy atom. The number of carbonyl (C=O) groups is 3. The van der Waals surface area contributed by atoms with Crippen molar-refractivity contribution in [2.24, 2.45) is 0 Å². The molecule has 1 N–H and O–H groups in total. The number of carboxylic acids is 1. The highest BCUT2D eigenvalue weighted by Crippen LogP contribution is 2.33. The summed E-state index contributed by atoms with van der Waals surface area (Å²) in [5.74, 6) is -1.64. The van der Waals surface area contributed by atoms with Gasteiger partial charge in [0, 0.05) is 19.2 Å². The zero-order chi connectivity index (χ0) is 15.0. The molecule has 1 aromatic heterocycles. The van der Waals surface area contributed by atoms with Gasteiger partial charge < -0.3 is 5.11 Å². The van der Waals surface area contributed by atoms with Crippen LogP contribution < -0.4 is 0 Å². The quantitative estimate of drug-likeness (QED) is 0.844. The monoisotopic (exact) mass is 294 g/mol. The molecule has 1 atom stereocenters. The number of imide groups is 1. The molecule has 1 aliphatic heterocycles. The van der Waals surface area contributed by atoms with Crippen molar-refractivity contribution in [1.29, 1.82) is 0 Å². The van der Waals surface area contributed by atoms with Crippen molar-refractivity contribution in [3.05, 3.63) is 22.9 Å². The first-order chi connectivity index (χ1) is 9.31. The van der Waals surface area contributed by atoms with Crippen LogP contribution in [0, 0.1) is 13.8 Å². The summed E-state index contributed by atoms with van der Waals surface area (Å²) in [7, 11) is 1.43. The highest BCUT2D eigenvalue weighted by molar-refractivity contribution is 8.00. The summed E-state index contributed by atoms with van der Waals surface area (Å²) < 4.78 is 0. The molecular weight excluding hydrogens is 280 g/mol. The van der Waals surface area contributed by atoms with E-state index >= 15 is 0 Å². The first-order valence-electron chi connectivity index (χ1n) is 6.00. The molecule has 7 heteroatoms. The minimum absolute atomic E-state index is 0.0771. The van der Waals surface area contributed by atoms with Gasteiger partial charge in [-0.3, -0.25) is 14.5 Å². The lowest BCUT2D eigenvalue weighted by atomic mass is 10.1. The van der Waals surface area contributed by atoms with Crippen LogP contribution in [0.2, 0.25) is 0 Å². The van der Waals surface area contributed by atoms with Crippen molar-refractivity contribution in [1.82, 2.24) is 9.88 Å². The van der Waals surface area contributed by atoms with Crippen LogP contribution in [-0.2, 0) is 9.59 Å². The van der Waals surface area contributed by atoms with Gasteiger partial charge in [-0.2, -0.15) is 0 Å². The van der Waals surface area contributed by atoms with Gasteiger partial charge in [0.2, 0.25) is 11.8 Å². The number of aromatic carboxylic acids is 1. The fraction of sp³-hybridized carbons (Fsp3) is 0.385. The minimum Gasteiger partial charge on any atom is -0.478 e. The molecule has 1 saturated heterocycles. The maximum Gasteiger partial charge on any atom is 0.338 e. The van der Waals surface area contributed by atoms with E-state index in [9.17, 15) is 19.5 Å². The van der Waals surface area contributed by atoms with Crippen molar-refractivity contribution in [2.45, 2.75) is 30.5 Å². The molecule has 2 heterocycles. The Morgan fingerprint density at radius 1 is 1.45 bits per heavy atom. The van der Waals surface area contributed by atoms with Crippen LogP contribution >= 0.6 is 11.8 Å². The summed E-state index contributed by atoms with van der Waals surface area (Å²) in [5.41, 5.74) is 1.37. The Kier molecular flexibility index (Phi) is 3.80. The highest BCUT2D eigenvalue weighted by Gasteiger charge is 2.37. The Balaban J connectivity index is 2.37. The van der Waals surface area contributed by atoms with Crippen LogP contribution in [0.25, 0.3) is 0 Å². The fourth-order valence-corrected chi connectivity index (χ4v) is 3.41. The zero-order valence-electron chi connectivity index (χ0n) is 11.3. The Labute approximate surface area is 120 Å². The molecule has 0 bridgehead atoms. The smallest absolute Gasteiger partial charge is 0.338 e. The topological polar surface area (TPSA) is 87.6 Å². The number of rotatable bonds is 3. The summed E-state index contributed by atoms with van der Waals surface area (Å²) >= 11 is 1.05. The third-order valence-corrected chi connectivity index (χ3v) is 4.29. The van der Waals surface area contributed by atoms with E-state index in [0.29, 0.717) is 11.3 Å². The van der Waals surface area contributed by atoms with Gasteiger partial charge in [-0.25, -0.2) is 9.78 Å². The first-order valence-corrected chi connectivity index (χ1v) is 6.87.